The van der Waals surface area contributed by atoms with E-state index in [9.17, 15) is 4.79 Å². The Morgan fingerprint density at radius 2 is 2.18 bits per heavy atom. The molecule has 2 unspecified atom stereocenters. The summed E-state index contributed by atoms with van der Waals surface area (Å²) in [6, 6.07) is -0.196. The van der Waals surface area contributed by atoms with E-state index < -0.39 is 0 Å². The number of hydrogen-bond donors (Lipinski definition) is 2. The molecule has 3 N–H and O–H groups in total. The summed E-state index contributed by atoms with van der Waals surface area (Å²) in [5.74, 6) is 0.634. The number of carbonyl (C=O) groups excluding carboxylic acids is 1. The molecule has 0 aromatic heterocycles. The summed E-state index contributed by atoms with van der Waals surface area (Å²) in [5, 5.41) is 3.16. The van der Waals surface area contributed by atoms with Gasteiger partial charge in [0.1, 0.15) is 0 Å². The quantitative estimate of drug-likeness (QED) is 0.728. The number of nitrogens with one attached hydrogen (secondary N) is 1. The van der Waals surface area contributed by atoms with Gasteiger partial charge in [0.25, 0.3) is 0 Å². The number of amides is 1. The van der Waals surface area contributed by atoms with Crippen molar-refractivity contribution in [3.8, 4) is 0 Å². The minimum atomic E-state index is -0.233. The fourth-order valence-corrected chi connectivity index (χ4v) is 2.58. The number of nitrogens with two attached hydrogens (primary N) is 1. The number of likely N-dealkylation sites (N-methyl/N-ethyl adjacent to an activating group) is 1. The normalized spacial score (nSPS) is 24.2. The molecule has 2 atom stereocenters. The van der Waals surface area contributed by atoms with Crippen molar-refractivity contribution < 1.29 is 4.79 Å². The number of carbonyl (C=O) groups is 1. The molecule has 0 radical (unpaired) electrons. The van der Waals surface area contributed by atoms with Crippen molar-refractivity contribution in [3.05, 3.63) is 0 Å². The molecule has 1 aliphatic heterocycles. The highest BCUT2D eigenvalue weighted by Crippen LogP contribution is 2.20. The van der Waals surface area contributed by atoms with Crippen LogP contribution in [0.25, 0.3) is 0 Å². The van der Waals surface area contributed by atoms with Crippen LogP contribution in [0.15, 0.2) is 0 Å². The van der Waals surface area contributed by atoms with Crippen molar-refractivity contribution in [2.75, 3.05) is 26.2 Å². The Morgan fingerprint density at radius 3 is 2.76 bits per heavy atom. The Bertz CT molecular complexity index is 233. The Hall–Kier alpha value is -0.610. The van der Waals surface area contributed by atoms with Gasteiger partial charge in [0.05, 0.1) is 6.04 Å². The third-order valence-corrected chi connectivity index (χ3v) is 3.75. The minimum absolute atomic E-state index is 0.196. The SMILES string of the molecule is CCNC(CN1CCCC(CC)CC1)C(N)=O. The van der Waals surface area contributed by atoms with Crippen molar-refractivity contribution in [3.63, 3.8) is 0 Å². The maximum Gasteiger partial charge on any atom is 0.235 e. The Balaban J connectivity index is 2.41. The maximum absolute atomic E-state index is 11.3. The van der Waals surface area contributed by atoms with Crippen LogP contribution in [-0.4, -0.2) is 43.0 Å². The fourth-order valence-electron chi connectivity index (χ4n) is 2.58. The molecule has 0 spiro atoms. The van der Waals surface area contributed by atoms with Gasteiger partial charge in [0.15, 0.2) is 0 Å². The second-order valence-corrected chi connectivity index (χ2v) is 5.02. The number of likely N-dealkylation sites (tertiary alicyclic amines) is 1. The third-order valence-electron chi connectivity index (χ3n) is 3.75. The lowest BCUT2D eigenvalue weighted by Gasteiger charge is -2.25. The van der Waals surface area contributed by atoms with Crippen LogP contribution in [0.1, 0.15) is 39.5 Å². The van der Waals surface area contributed by atoms with Crippen LogP contribution in [0.2, 0.25) is 0 Å². The molecule has 100 valence electrons. The highest BCUT2D eigenvalue weighted by molar-refractivity contribution is 5.80. The standard InChI is InChI=1S/C13H27N3O/c1-3-11-6-5-8-16(9-7-11)10-12(13(14)17)15-4-2/h11-12,15H,3-10H2,1-2H3,(H2,14,17). The van der Waals surface area contributed by atoms with Crippen LogP contribution in [0.3, 0.4) is 0 Å². The van der Waals surface area contributed by atoms with Gasteiger partial charge in [-0.15, -0.1) is 0 Å². The van der Waals surface area contributed by atoms with Gasteiger partial charge in [0.2, 0.25) is 5.91 Å². The van der Waals surface area contributed by atoms with Gasteiger partial charge < -0.3 is 16.0 Å². The Kier molecular flexibility index (Phi) is 6.52. The van der Waals surface area contributed by atoms with Crippen molar-refractivity contribution in [1.82, 2.24) is 10.2 Å². The average molecular weight is 241 g/mol. The van der Waals surface area contributed by atoms with Gasteiger partial charge in [-0.3, -0.25) is 4.79 Å². The summed E-state index contributed by atoms with van der Waals surface area (Å²) in [7, 11) is 0. The number of primary amides is 1. The van der Waals surface area contributed by atoms with Gasteiger partial charge in [0, 0.05) is 6.54 Å². The largest absolute Gasteiger partial charge is 0.368 e. The molecule has 4 heteroatoms. The van der Waals surface area contributed by atoms with E-state index in [-0.39, 0.29) is 11.9 Å². The fraction of sp³-hybridized carbons (Fsp3) is 0.923. The smallest absolute Gasteiger partial charge is 0.235 e. The van der Waals surface area contributed by atoms with Crippen molar-refractivity contribution >= 4 is 5.91 Å². The molecule has 0 aromatic carbocycles. The molecule has 1 saturated heterocycles. The van der Waals surface area contributed by atoms with Gasteiger partial charge in [-0.2, -0.15) is 0 Å². The molecule has 4 nitrogen and oxygen atoms in total. The van der Waals surface area contributed by atoms with Crippen molar-refractivity contribution in [1.29, 1.82) is 0 Å². The summed E-state index contributed by atoms with van der Waals surface area (Å²) >= 11 is 0. The molecule has 0 aliphatic carbocycles. The summed E-state index contributed by atoms with van der Waals surface area (Å²) in [4.78, 5) is 13.7. The average Bonchev–Trinajstić information content (AvgIpc) is 2.53. The van der Waals surface area contributed by atoms with E-state index in [4.69, 9.17) is 5.73 Å². The molecule has 1 heterocycles. The van der Waals surface area contributed by atoms with E-state index in [0.717, 1.165) is 32.1 Å². The number of rotatable bonds is 6. The highest BCUT2D eigenvalue weighted by Gasteiger charge is 2.21. The van der Waals surface area contributed by atoms with E-state index in [0.29, 0.717) is 0 Å². The monoisotopic (exact) mass is 241 g/mol. The molecule has 1 aliphatic rings. The Labute approximate surface area is 105 Å². The van der Waals surface area contributed by atoms with Crippen LogP contribution >= 0.6 is 0 Å². The van der Waals surface area contributed by atoms with Crippen molar-refractivity contribution in [2.45, 2.75) is 45.6 Å². The third kappa shape index (κ3) is 5.04. The topological polar surface area (TPSA) is 58.4 Å². The molecular formula is C13H27N3O. The lowest BCUT2D eigenvalue weighted by atomic mass is 9.98. The summed E-state index contributed by atoms with van der Waals surface area (Å²) in [6.07, 6.45) is 5.11. The first kappa shape index (κ1) is 14.5. The van der Waals surface area contributed by atoms with Crippen LogP contribution in [0.4, 0.5) is 0 Å². The summed E-state index contributed by atoms with van der Waals surface area (Å²) in [5.41, 5.74) is 5.40. The minimum Gasteiger partial charge on any atom is -0.368 e. The lowest BCUT2D eigenvalue weighted by Crippen LogP contribution is -2.49. The molecular weight excluding hydrogens is 214 g/mol. The zero-order valence-corrected chi connectivity index (χ0v) is 11.2. The van der Waals surface area contributed by atoms with Gasteiger partial charge in [-0.1, -0.05) is 20.3 Å². The van der Waals surface area contributed by atoms with E-state index in [2.05, 4.69) is 17.1 Å². The van der Waals surface area contributed by atoms with E-state index in [1.807, 2.05) is 6.92 Å². The predicted molar refractivity (Wildman–Crippen MR) is 70.7 cm³/mol. The molecule has 17 heavy (non-hydrogen) atoms. The van der Waals surface area contributed by atoms with Crippen LogP contribution in [0.5, 0.6) is 0 Å². The van der Waals surface area contributed by atoms with Crippen LogP contribution < -0.4 is 11.1 Å². The molecule has 1 rings (SSSR count). The molecule has 0 saturated carbocycles. The van der Waals surface area contributed by atoms with Crippen LogP contribution in [0, 0.1) is 5.92 Å². The van der Waals surface area contributed by atoms with Crippen LogP contribution in [-0.2, 0) is 4.79 Å². The van der Waals surface area contributed by atoms with E-state index in [1.165, 1.54) is 25.7 Å². The van der Waals surface area contributed by atoms with E-state index >= 15 is 0 Å². The zero-order chi connectivity index (χ0) is 12.7. The van der Waals surface area contributed by atoms with E-state index in [1.54, 1.807) is 0 Å². The lowest BCUT2D eigenvalue weighted by molar-refractivity contribution is -0.120. The highest BCUT2D eigenvalue weighted by atomic mass is 16.1. The number of nitrogens with zero attached hydrogens (tertiary/aromatic N) is 1. The first-order valence-electron chi connectivity index (χ1n) is 6.92. The molecule has 1 fully saturated rings. The number of hydrogen-bond acceptors (Lipinski definition) is 3. The first-order chi connectivity index (χ1) is 8.17. The van der Waals surface area contributed by atoms with Gasteiger partial charge in [-0.25, -0.2) is 0 Å². The predicted octanol–water partition coefficient (Wildman–Crippen LogP) is 0.962. The molecule has 0 aromatic rings. The maximum atomic E-state index is 11.3. The van der Waals surface area contributed by atoms with Gasteiger partial charge >= 0.3 is 0 Å². The zero-order valence-electron chi connectivity index (χ0n) is 11.2. The molecule has 0 bridgehead atoms. The summed E-state index contributed by atoms with van der Waals surface area (Å²) in [6.45, 7) is 8.04. The van der Waals surface area contributed by atoms with Crippen molar-refractivity contribution in [2.24, 2.45) is 11.7 Å². The second kappa shape index (κ2) is 7.67. The first-order valence-corrected chi connectivity index (χ1v) is 6.92. The Morgan fingerprint density at radius 1 is 1.41 bits per heavy atom. The van der Waals surface area contributed by atoms with Gasteiger partial charge in [-0.05, 0) is 44.8 Å². The summed E-state index contributed by atoms with van der Waals surface area (Å²) < 4.78 is 0. The molecule has 1 amide bonds. The second-order valence-electron chi connectivity index (χ2n) is 5.02.